The second kappa shape index (κ2) is 6.73. The summed E-state index contributed by atoms with van der Waals surface area (Å²) in [6, 6.07) is 14.8. The number of hydrogen-bond acceptors (Lipinski definition) is 4. The Morgan fingerprint density at radius 3 is 2.50 bits per heavy atom. The van der Waals surface area contributed by atoms with Crippen LogP contribution in [0.1, 0.15) is 11.1 Å². The van der Waals surface area contributed by atoms with E-state index in [1.807, 2.05) is 0 Å². The molecule has 1 saturated heterocycles. The Morgan fingerprint density at radius 1 is 1.00 bits per heavy atom. The molecule has 0 unspecified atom stereocenters. The SMILES string of the molecule is NCc1ccc(-c2nc3ccc(CN4CCNCC4)cc3[nH]2)cc1. The van der Waals surface area contributed by atoms with Crippen LogP contribution in [-0.2, 0) is 13.1 Å². The number of nitrogens with one attached hydrogen (secondary N) is 2. The van der Waals surface area contributed by atoms with E-state index in [1.54, 1.807) is 0 Å². The van der Waals surface area contributed by atoms with E-state index < -0.39 is 0 Å². The van der Waals surface area contributed by atoms with Gasteiger partial charge in [0.2, 0.25) is 0 Å². The standard InChI is InChI=1S/C19H23N5/c20-12-14-1-4-16(5-2-14)19-22-17-6-3-15(11-18(17)23-19)13-24-9-7-21-8-10-24/h1-6,11,21H,7-10,12-13,20H2,(H,22,23). The maximum absolute atomic E-state index is 5.66. The zero-order valence-electron chi connectivity index (χ0n) is 13.8. The predicted molar refractivity (Wildman–Crippen MR) is 97.6 cm³/mol. The molecule has 5 nitrogen and oxygen atoms in total. The molecule has 2 aromatic carbocycles. The second-order valence-corrected chi connectivity index (χ2v) is 6.36. The zero-order chi connectivity index (χ0) is 16.4. The summed E-state index contributed by atoms with van der Waals surface area (Å²) in [6.07, 6.45) is 0. The number of piperazine rings is 1. The molecule has 0 atom stereocenters. The first kappa shape index (κ1) is 15.3. The van der Waals surface area contributed by atoms with Crippen molar-refractivity contribution in [1.82, 2.24) is 20.2 Å². The van der Waals surface area contributed by atoms with E-state index in [4.69, 9.17) is 10.7 Å². The van der Waals surface area contributed by atoms with Crippen LogP contribution in [0.5, 0.6) is 0 Å². The molecule has 0 saturated carbocycles. The zero-order valence-corrected chi connectivity index (χ0v) is 13.8. The van der Waals surface area contributed by atoms with E-state index >= 15 is 0 Å². The van der Waals surface area contributed by atoms with Crippen LogP contribution < -0.4 is 11.1 Å². The third-order valence-electron chi connectivity index (χ3n) is 4.63. The molecule has 124 valence electrons. The van der Waals surface area contributed by atoms with Gasteiger partial charge >= 0.3 is 0 Å². The number of fused-ring (bicyclic) bond motifs is 1. The molecule has 0 aliphatic carbocycles. The Hall–Kier alpha value is -2.21. The maximum Gasteiger partial charge on any atom is 0.138 e. The van der Waals surface area contributed by atoms with Crippen molar-refractivity contribution in [3.05, 3.63) is 53.6 Å². The second-order valence-electron chi connectivity index (χ2n) is 6.36. The molecule has 4 N–H and O–H groups in total. The van der Waals surface area contributed by atoms with Crippen molar-refractivity contribution in [3.63, 3.8) is 0 Å². The molecule has 3 aromatic rings. The molecular weight excluding hydrogens is 298 g/mol. The number of hydrogen-bond donors (Lipinski definition) is 3. The molecule has 1 aliphatic rings. The van der Waals surface area contributed by atoms with Gasteiger partial charge in [-0.3, -0.25) is 4.90 Å². The van der Waals surface area contributed by atoms with E-state index in [1.165, 1.54) is 5.56 Å². The summed E-state index contributed by atoms with van der Waals surface area (Å²) in [5.41, 5.74) is 11.3. The van der Waals surface area contributed by atoms with Crippen LogP contribution in [0.2, 0.25) is 0 Å². The van der Waals surface area contributed by atoms with Gasteiger partial charge in [0, 0.05) is 44.8 Å². The summed E-state index contributed by atoms with van der Waals surface area (Å²) in [4.78, 5) is 10.7. The number of benzene rings is 2. The fourth-order valence-corrected chi connectivity index (χ4v) is 3.22. The lowest BCUT2D eigenvalue weighted by Gasteiger charge is -2.27. The largest absolute Gasteiger partial charge is 0.338 e. The van der Waals surface area contributed by atoms with Crippen LogP contribution in [0.3, 0.4) is 0 Å². The highest BCUT2D eigenvalue weighted by atomic mass is 15.2. The topological polar surface area (TPSA) is 70.0 Å². The smallest absolute Gasteiger partial charge is 0.138 e. The van der Waals surface area contributed by atoms with Gasteiger partial charge in [0.15, 0.2) is 0 Å². The highest BCUT2D eigenvalue weighted by Crippen LogP contribution is 2.22. The van der Waals surface area contributed by atoms with Gasteiger partial charge in [-0.15, -0.1) is 0 Å². The average molecular weight is 321 g/mol. The molecule has 0 bridgehead atoms. The Balaban J connectivity index is 1.58. The molecule has 4 rings (SSSR count). The van der Waals surface area contributed by atoms with Crippen LogP contribution in [0, 0.1) is 0 Å². The summed E-state index contributed by atoms with van der Waals surface area (Å²) < 4.78 is 0. The molecular formula is C19H23N5. The lowest BCUT2D eigenvalue weighted by molar-refractivity contribution is 0.233. The van der Waals surface area contributed by atoms with Crippen LogP contribution in [0.4, 0.5) is 0 Å². The van der Waals surface area contributed by atoms with E-state index in [2.05, 4.69) is 57.7 Å². The summed E-state index contributed by atoms with van der Waals surface area (Å²) in [5.74, 6) is 0.910. The highest BCUT2D eigenvalue weighted by molar-refractivity contribution is 5.80. The molecule has 2 heterocycles. The maximum atomic E-state index is 5.66. The van der Waals surface area contributed by atoms with E-state index in [0.29, 0.717) is 6.54 Å². The third-order valence-corrected chi connectivity index (χ3v) is 4.63. The van der Waals surface area contributed by atoms with Crippen molar-refractivity contribution in [1.29, 1.82) is 0 Å². The van der Waals surface area contributed by atoms with E-state index in [-0.39, 0.29) is 0 Å². The molecule has 5 heteroatoms. The minimum absolute atomic E-state index is 0.565. The summed E-state index contributed by atoms with van der Waals surface area (Å²) in [7, 11) is 0. The van der Waals surface area contributed by atoms with E-state index in [0.717, 1.165) is 60.7 Å². The average Bonchev–Trinajstić information content (AvgIpc) is 3.06. The lowest BCUT2D eigenvalue weighted by atomic mass is 10.1. The Morgan fingerprint density at radius 2 is 1.75 bits per heavy atom. The third kappa shape index (κ3) is 3.19. The molecule has 0 radical (unpaired) electrons. The number of aromatic nitrogens is 2. The van der Waals surface area contributed by atoms with Crippen molar-refractivity contribution < 1.29 is 0 Å². The van der Waals surface area contributed by atoms with Gasteiger partial charge in [-0.05, 0) is 23.3 Å². The fraction of sp³-hybridized carbons (Fsp3) is 0.316. The first-order valence-electron chi connectivity index (χ1n) is 8.53. The minimum atomic E-state index is 0.565. The quantitative estimate of drug-likeness (QED) is 0.688. The normalized spacial score (nSPS) is 15.9. The van der Waals surface area contributed by atoms with Crippen molar-refractivity contribution in [2.45, 2.75) is 13.1 Å². The van der Waals surface area contributed by atoms with Gasteiger partial charge in [0.25, 0.3) is 0 Å². The minimum Gasteiger partial charge on any atom is -0.338 e. The number of nitrogens with two attached hydrogens (primary N) is 1. The summed E-state index contributed by atoms with van der Waals surface area (Å²) >= 11 is 0. The number of nitrogens with zero attached hydrogens (tertiary/aromatic N) is 2. The van der Waals surface area contributed by atoms with Crippen molar-refractivity contribution >= 4 is 11.0 Å². The van der Waals surface area contributed by atoms with Crippen LogP contribution in [0.15, 0.2) is 42.5 Å². The van der Waals surface area contributed by atoms with Crippen molar-refractivity contribution in [2.24, 2.45) is 5.73 Å². The molecule has 1 aromatic heterocycles. The molecule has 0 amide bonds. The highest BCUT2D eigenvalue weighted by Gasteiger charge is 2.11. The summed E-state index contributed by atoms with van der Waals surface area (Å²) in [5, 5.41) is 3.39. The van der Waals surface area contributed by atoms with Gasteiger partial charge in [-0.25, -0.2) is 4.98 Å². The first-order chi connectivity index (χ1) is 11.8. The Bertz CT molecular complexity index is 815. The molecule has 1 fully saturated rings. The van der Waals surface area contributed by atoms with Crippen molar-refractivity contribution in [2.75, 3.05) is 26.2 Å². The van der Waals surface area contributed by atoms with Gasteiger partial charge in [0.05, 0.1) is 11.0 Å². The number of imidazole rings is 1. The van der Waals surface area contributed by atoms with E-state index in [9.17, 15) is 0 Å². The lowest BCUT2D eigenvalue weighted by Crippen LogP contribution is -2.42. The fourth-order valence-electron chi connectivity index (χ4n) is 3.22. The first-order valence-corrected chi connectivity index (χ1v) is 8.53. The number of aromatic amines is 1. The van der Waals surface area contributed by atoms with Crippen LogP contribution >= 0.6 is 0 Å². The van der Waals surface area contributed by atoms with Gasteiger partial charge in [-0.1, -0.05) is 30.3 Å². The van der Waals surface area contributed by atoms with Crippen LogP contribution in [0.25, 0.3) is 22.4 Å². The molecule has 0 spiro atoms. The molecule has 1 aliphatic heterocycles. The van der Waals surface area contributed by atoms with Gasteiger partial charge < -0.3 is 16.0 Å². The Labute approximate surface area is 141 Å². The van der Waals surface area contributed by atoms with Crippen LogP contribution in [-0.4, -0.2) is 41.0 Å². The predicted octanol–water partition coefficient (Wildman–Crippen LogP) is 2.09. The van der Waals surface area contributed by atoms with Gasteiger partial charge in [-0.2, -0.15) is 0 Å². The van der Waals surface area contributed by atoms with Crippen molar-refractivity contribution in [3.8, 4) is 11.4 Å². The monoisotopic (exact) mass is 321 g/mol. The van der Waals surface area contributed by atoms with Gasteiger partial charge in [0.1, 0.15) is 5.82 Å². The number of H-pyrrole nitrogens is 1. The summed E-state index contributed by atoms with van der Waals surface area (Å²) in [6.45, 7) is 5.94. The number of rotatable bonds is 4. The Kier molecular flexibility index (Phi) is 4.30. The molecule has 24 heavy (non-hydrogen) atoms.